The third-order valence-electron chi connectivity index (χ3n) is 13.2. The molecule has 0 saturated heterocycles. The van der Waals surface area contributed by atoms with Crippen LogP contribution in [0.3, 0.4) is 0 Å². The van der Waals surface area contributed by atoms with Gasteiger partial charge in [-0.2, -0.15) is 0 Å². The fourth-order valence-electron chi connectivity index (χ4n) is 10.6. The molecule has 1 aliphatic rings. The molecule has 276 valence electrons. The van der Waals surface area contributed by atoms with Crippen LogP contribution in [0.15, 0.2) is 206 Å². The van der Waals surface area contributed by atoms with Crippen molar-refractivity contribution in [2.75, 3.05) is 0 Å². The highest BCUT2D eigenvalue weighted by molar-refractivity contribution is 6.22. The smallest absolute Gasteiger partial charge is 0.0165 e. The largest absolute Gasteiger partial charge is 0.0616 e. The lowest BCUT2D eigenvalue weighted by Crippen LogP contribution is -2.15. The zero-order chi connectivity index (χ0) is 39.2. The van der Waals surface area contributed by atoms with Crippen molar-refractivity contribution in [1.82, 2.24) is 0 Å². The highest BCUT2D eigenvalue weighted by Crippen LogP contribution is 2.57. The number of rotatable bonds is 4. The Hall–Kier alpha value is -7.28. The maximum atomic E-state index is 2.41. The van der Waals surface area contributed by atoms with E-state index in [2.05, 4.69) is 220 Å². The van der Waals surface area contributed by atoms with E-state index in [9.17, 15) is 0 Å². The van der Waals surface area contributed by atoms with Crippen LogP contribution in [0.2, 0.25) is 0 Å². The molecule has 0 nitrogen and oxygen atoms in total. The second kappa shape index (κ2) is 12.9. The quantitative estimate of drug-likeness (QED) is 0.124. The second-order valence-corrected chi connectivity index (χ2v) is 16.7. The van der Waals surface area contributed by atoms with Gasteiger partial charge in [-0.25, -0.2) is 0 Å². The van der Waals surface area contributed by atoms with Crippen molar-refractivity contribution in [3.05, 3.63) is 217 Å². The molecule has 59 heavy (non-hydrogen) atoms. The van der Waals surface area contributed by atoms with E-state index in [0.717, 1.165) is 0 Å². The fraction of sp³-hybridized carbons (Fsp3) is 0.0508. The van der Waals surface area contributed by atoms with Crippen molar-refractivity contribution in [3.8, 4) is 55.6 Å². The van der Waals surface area contributed by atoms with Crippen LogP contribution in [0.1, 0.15) is 25.0 Å². The molecule has 0 heteroatoms. The molecule has 0 bridgehead atoms. The zero-order valence-corrected chi connectivity index (χ0v) is 33.1. The lowest BCUT2D eigenvalue weighted by molar-refractivity contribution is 0.666. The van der Waals surface area contributed by atoms with Crippen molar-refractivity contribution in [2.24, 2.45) is 0 Å². The highest BCUT2D eigenvalue weighted by Gasteiger charge is 2.39. The van der Waals surface area contributed by atoms with E-state index in [1.807, 2.05) is 0 Å². The predicted molar refractivity (Wildman–Crippen MR) is 253 cm³/mol. The fourth-order valence-corrected chi connectivity index (χ4v) is 10.6. The Morgan fingerprint density at radius 3 is 1.19 bits per heavy atom. The highest BCUT2D eigenvalue weighted by atomic mass is 14.4. The molecule has 0 aliphatic heterocycles. The molecule has 0 radical (unpaired) electrons. The minimum atomic E-state index is -0.139. The Balaban J connectivity index is 1.01. The standard InChI is InChI=1S/C59H40/c1-59(2)53-28-14-27-44(56(53)57-47-20-7-5-18-45(47)46-19-6-12-25-52(46)58(57)59)39-31-35-41(36-32-39)55-50-23-10-8-21-48(50)54(49-22-9-11-24-51(49)55)40-33-29-38(30-34-40)43-26-13-16-37-15-3-4-17-42(37)43/h3-36H,1-2H3. The van der Waals surface area contributed by atoms with E-state index < -0.39 is 0 Å². The van der Waals surface area contributed by atoms with Crippen molar-refractivity contribution >= 4 is 53.9 Å². The van der Waals surface area contributed by atoms with Crippen LogP contribution in [0.5, 0.6) is 0 Å². The van der Waals surface area contributed by atoms with Crippen LogP contribution in [0, 0.1) is 0 Å². The number of hydrogen-bond donors (Lipinski definition) is 0. The minimum Gasteiger partial charge on any atom is -0.0616 e. The summed E-state index contributed by atoms with van der Waals surface area (Å²) >= 11 is 0. The summed E-state index contributed by atoms with van der Waals surface area (Å²) in [6.07, 6.45) is 0. The summed E-state index contributed by atoms with van der Waals surface area (Å²) in [5.41, 5.74) is 15.5. The molecule has 0 heterocycles. The maximum absolute atomic E-state index is 2.41. The number of fused-ring (bicyclic) bond motifs is 11. The van der Waals surface area contributed by atoms with E-state index >= 15 is 0 Å². The van der Waals surface area contributed by atoms with E-state index in [1.54, 1.807) is 0 Å². The average Bonchev–Trinajstić information content (AvgIpc) is 3.55. The first kappa shape index (κ1) is 33.8. The molecule has 0 amide bonds. The van der Waals surface area contributed by atoms with Crippen molar-refractivity contribution in [2.45, 2.75) is 19.3 Å². The molecular weight excluding hydrogens is 709 g/mol. The van der Waals surface area contributed by atoms with Crippen molar-refractivity contribution in [1.29, 1.82) is 0 Å². The molecule has 11 aromatic rings. The predicted octanol–water partition coefficient (Wildman–Crippen LogP) is 16.4. The molecule has 0 N–H and O–H groups in total. The lowest BCUT2D eigenvalue weighted by Gasteiger charge is -2.24. The molecule has 11 aromatic carbocycles. The van der Waals surface area contributed by atoms with E-state index in [0.29, 0.717) is 0 Å². The summed E-state index contributed by atoms with van der Waals surface area (Å²) in [7, 11) is 0. The molecule has 0 fully saturated rings. The summed E-state index contributed by atoms with van der Waals surface area (Å²) in [4.78, 5) is 0. The Bertz CT molecular complexity index is 3430. The lowest BCUT2D eigenvalue weighted by atomic mass is 9.79. The summed E-state index contributed by atoms with van der Waals surface area (Å²) < 4.78 is 0. The first-order valence-corrected chi connectivity index (χ1v) is 20.8. The van der Waals surface area contributed by atoms with Crippen molar-refractivity contribution < 1.29 is 0 Å². The summed E-state index contributed by atoms with van der Waals surface area (Å²) in [6.45, 7) is 4.82. The van der Waals surface area contributed by atoms with Gasteiger partial charge >= 0.3 is 0 Å². The van der Waals surface area contributed by atoms with Gasteiger partial charge in [0.1, 0.15) is 0 Å². The monoisotopic (exact) mass is 748 g/mol. The van der Waals surface area contributed by atoms with Crippen LogP contribution in [-0.4, -0.2) is 0 Å². The second-order valence-electron chi connectivity index (χ2n) is 16.7. The summed E-state index contributed by atoms with van der Waals surface area (Å²) in [5.74, 6) is 0. The Labute approximate surface area is 344 Å². The molecule has 1 aliphatic carbocycles. The van der Waals surface area contributed by atoms with Gasteiger partial charge in [0.15, 0.2) is 0 Å². The molecule has 12 rings (SSSR count). The normalized spacial score (nSPS) is 13.1. The van der Waals surface area contributed by atoms with Gasteiger partial charge in [-0.1, -0.05) is 220 Å². The van der Waals surface area contributed by atoms with Gasteiger partial charge in [0.25, 0.3) is 0 Å². The van der Waals surface area contributed by atoms with Crippen LogP contribution in [-0.2, 0) is 5.41 Å². The molecule has 0 aromatic heterocycles. The molecule has 0 unspecified atom stereocenters. The molecule has 0 spiro atoms. The van der Waals surface area contributed by atoms with Crippen LogP contribution >= 0.6 is 0 Å². The van der Waals surface area contributed by atoms with Gasteiger partial charge in [-0.15, -0.1) is 0 Å². The average molecular weight is 749 g/mol. The van der Waals surface area contributed by atoms with E-state index in [1.165, 1.54) is 121 Å². The Morgan fingerprint density at radius 2 is 0.627 bits per heavy atom. The topological polar surface area (TPSA) is 0 Å². The third-order valence-corrected chi connectivity index (χ3v) is 13.2. The maximum Gasteiger partial charge on any atom is 0.0165 e. The number of hydrogen-bond acceptors (Lipinski definition) is 0. The van der Waals surface area contributed by atoms with Gasteiger partial charge in [-0.05, 0) is 121 Å². The van der Waals surface area contributed by atoms with Crippen molar-refractivity contribution in [3.63, 3.8) is 0 Å². The van der Waals surface area contributed by atoms with E-state index in [-0.39, 0.29) is 5.41 Å². The first-order chi connectivity index (χ1) is 29.1. The van der Waals surface area contributed by atoms with Gasteiger partial charge < -0.3 is 0 Å². The van der Waals surface area contributed by atoms with Gasteiger partial charge in [0, 0.05) is 5.41 Å². The third kappa shape index (κ3) is 4.96. The van der Waals surface area contributed by atoms with Crippen LogP contribution in [0.25, 0.3) is 109 Å². The summed E-state index contributed by atoms with van der Waals surface area (Å²) in [5, 5.41) is 12.9. The minimum absolute atomic E-state index is 0.139. The zero-order valence-electron chi connectivity index (χ0n) is 33.1. The first-order valence-electron chi connectivity index (χ1n) is 20.8. The number of benzene rings is 11. The van der Waals surface area contributed by atoms with Gasteiger partial charge in [0.05, 0.1) is 0 Å². The van der Waals surface area contributed by atoms with E-state index in [4.69, 9.17) is 0 Å². The Morgan fingerprint density at radius 1 is 0.254 bits per heavy atom. The van der Waals surface area contributed by atoms with Gasteiger partial charge in [0.2, 0.25) is 0 Å². The Kier molecular flexibility index (Phi) is 7.38. The molecule has 0 atom stereocenters. The van der Waals surface area contributed by atoms with Crippen LogP contribution in [0.4, 0.5) is 0 Å². The summed E-state index contributed by atoms with van der Waals surface area (Å²) in [6, 6.07) is 76.7. The molecular formula is C59H40. The van der Waals surface area contributed by atoms with Gasteiger partial charge in [-0.3, -0.25) is 0 Å². The van der Waals surface area contributed by atoms with Crippen LogP contribution < -0.4 is 0 Å². The molecule has 0 saturated carbocycles. The SMILES string of the molecule is CC1(C)c2cccc(-c3ccc(-c4c5ccccc5c(-c5ccc(-c6cccc7ccccc67)cc5)c5ccccc45)cc3)c2-c2c1c1ccccc1c1ccccc21.